The molecule has 1 unspecified atom stereocenters. The summed E-state index contributed by atoms with van der Waals surface area (Å²) in [5, 5.41) is 12.9. The van der Waals surface area contributed by atoms with E-state index in [4.69, 9.17) is 4.74 Å². The van der Waals surface area contributed by atoms with E-state index in [0.29, 0.717) is 25.7 Å². The van der Waals surface area contributed by atoms with Crippen molar-refractivity contribution in [2.45, 2.75) is 26.9 Å². The third-order valence-corrected chi connectivity index (χ3v) is 2.35. The van der Waals surface area contributed by atoms with Crippen LogP contribution in [-0.4, -0.2) is 31.0 Å². The van der Waals surface area contributed by atoms with Crippen molar-refractivity contribution in [2.24, 2.45) is 5.92 Å². The van der Waals surface area contributed by atoms with Gasteiger partial charge in [-0.25, -0.2) is 0 Å². The number of benzene rings is 1. The number of aliphatic hydroxyl groups excluding tert-OH is 1. The number of aliphatic hydroxyl groups is 1. The van der Waals surface area contributed by atoms with Crippen LogP contribution in [-0.2, 0) is 4.74 Å². The van der Waals surface area contributed by atoms with Gasteiger partial charge in [-0.3, -0.25) is 0 Å². The van der Waals surface area contributed by atoms with Crippen molar-refractivity contribution in [3.63, 3.8) is 0 Å². The van der Waals surface area contributed by atoms with Crippen LogP contribution in [0.5, 0.6) is 0 Å². The van der Waals surface area contributed by atoms with Crippen molar-refractivity contribution < 1.29 is 9.84 Å². The van der Waals surface area contributed by atoms with Crippen molar-refractivity contribution in [3.05, 3.63) is 29.8 Å². The van der Waals surface area contributed by atoms with Gasteiger partial charge in [0.2, 0.25) is 0 Å². The standard InChI is InChI=1S/C14H23NO2/c1-11(2)9-17-10-14(16)8-15-13-6-4-12(3)5-7-13/h4-7,11,14-16H,8-10H2,1-3H3. The molecule has 3 nitrogen and oxygen atoms in total. The maximum atomic E-state index is 9.69. The third kappa shape index (κ3) is 6.29. The number of aryl methyl sites for hydroxylation is 1. The molecule has 0 fully saturated rings. The number of rotatable bonds is 7. The highest BCUT2D eigenvalue weighted by molar-refractivity contribution is 5.44. The first-order valence-electron chi connectivity index (χ1n) is 6.14. The van der Waals surface area contributed by atoms with Crippen LogP contribution in [0.2, 0.25) is 0 Å². The monoisotopic (exact) mass is 237 g/mol. The molecule has 1 aromatic rings. The van der Waals surface area contributed by atoms with Crippen molar-refractivity contribution >= 4 is 5.69 Å². The van der Waals surface area contributed by atoms with Crippen LogP contribution in [0.4, 0.5) is 5.69 Å². The minimum Gasteiger partial charge on any atom is -0.389 e. The van der Waals surface area contributed by atoms with Gasteiger partial charge in [-0.2, -0.15) is 0 Å². The Balaban J connectivity index is 2.19. The molecule has 0 saturated heterocycles. The molecule has 0 aliphatic heterocycles. The van der Waals surface area contributed by atoms with Gasteiger partial charge in [0, 0.05) is 18.8 Å². The SMILES string of the molecule is Cc1ccc(NCC(O)COCC(C)C)cc1. The zero-order valence-electron chi connectivity index (χ0n) is 10.9. The molecule has 0 aliphatic rings. The summed E-state index contributed by atoms with van der Waals surface area (Å²) in [6, 6.07) is 8.11. The average molecular weight is 237 g/mol. The first kappa shape index (κ1) is 14.0. The lowest BCUT2D eigenvalue weighted by molar-refractivity contribution is 0.0318. The normalized spacial score (nSPS) is 12.8. The lowest BCUT2D eigenvalue weighted by atomic mass is 10.2. The van der Waals surface area contributed by atoms with Crippen molar-refractivity contribution in [2.75, 3.05) is 25.1 Å². The molecule has 0 bridgehead atoms. The smallest absolute Gasteiger partial charge is 0.0945 e. The Hall–Kier alpha value is -1.06. The highest BCUT2D eigenvalue weighted by Gasteiger charge is 2.04. The molecular weight excluding hydrogens is 214 g/mol. The highest BCUT2D eigenvalue weighted by Crippen LogP contribution is 2.08. The second-order valence-corrected chi connectivity index (χ2v) is 4.83. The van der Waals surface area contributed by atoms with Crippen LogP contribution in [0, 0.1) is 12.8 Å². The maximum Gasteiger partial charge on any atom is 0.0945 e. The highest BCUT2D eigenvalue weighted by atomic mass is 16.5. The van der Waals surface area contributed by atoms with Crippen molar-refractivity contribution in [1.29, 1.82) is 0 Å². The van der Waals surface area contributed by atoms with Gasteiger partial charge in [0.1, 0.15) is 0 Å². The molecule has 1 rings (SSSR count). The van der Waals surface area contributed by atoms with E-state index < -0.39 is 6.10 Å². The summed E-state index contributed by atoms with van der Waals surface area (Å²) in [4.78, 5) is 0. The van der Waals surface area contributed by atoms with Gasteiger partial charge in [-0.15, -0.1) is 0 Å². The van der Waals surface area contributed by atoms with Gasteiger partial charge in [-0.1, -0.05) is 31.5 Å². The molecule has 0 radical (unpaired) electrons. The molecule has 3 heteroatoms. The average Bonchev–Trinajstić information content (AvgIpc) is 2.28. The topological polar surface area (TPSA) is 41.5 Å². The fourth-order valence-corrected chi connectivity index (χ4v) is 1.41. The third-order valence-electron chi connectivity index (χ3n) is 2.35. The Morgan fingerprint density at radius 2 is 1.82 bits per heavy atom. The summed E-state index contributed by atoms with van der Waals surface area (Å²) < 4.78 is 5.37. The molecule has 1 atom stereocenters. The Morgan fingerprint density at radius 1 is 1.18 bits per heavy atom. The molecular formula is C14H23NO2. The summed E-state index contributed by atoms with van der Waals surface area (Å²) in [5.74, 6) is 0.507. The van der Waals surface area contributed by atoms with Crippen LogP contribution < -0.4 is 5.32 Å². The minimum atomic E-state index is -0.463. The summed E-state index contributed by atoms with van der Waals surface area (Å²) in [6.07, 6.45) is -0.463. The molecule has 17 heavy (non-hydrogen) atoms. The van der Waals surface area contributed by atoms with E-state index in [1.165, 1.54) is 5.56 Å². The quantitative estimate of drug-likeness (QED) is 0.765. The maximum absolute atomic E-state index is 9.69. The number of nitrogens with one attached hydrogen (secondary N) is 1. The lowest BCUT2D eigenvalue weighted by Gasteiger charge is -2.14. The van der Waals surface area contributed by atoms with Crippen molar-refractivity contribution in [1.82, 2.24) is 0 Å². The molecule has 0 aromatic heterocycles. The molecule has 1 aromatic carbocycles. The number of ether oxygens (including phenoxy) is 1. The molecule has 0 saturated carbocycles. The Morgan fingerprint density at radius 3 is 2.41 bits per heavy atom. The van der Waals surface area contributed by atoms with Gasteiger partial charge in [-0.05, 0) is 25.0 Å². The van der Waals surface area contributed by atoms with Crippen molar-refractivity contribution in [3.8, 4) is 0 Å². The largest absolute Gasteiger partial charge is 0.389 e. The van der Waals surface area contributed by atoms with Crippen LogP contribution in [0.3, 0.4) is 0 Å². The molecule has 0 amide bonds. The van der Waals surface area contributed by atoms with Crippen LogP contribution >= 0.6 is 0 Å². The van der Waals surface area contributed by atoms with Gasteiger partial charge in [0.15, 0.2) is 0 Å². The Kier molecular flexibility index (Phi) is 6.01. The number of hydrogen-bond donors (Lipinski definition) is 2. The van der Waals surface area contributed by atoms with Crippen LogP contribution in [0.15, 0.2) is 24.3 Å². The zero-order chi connectivity index (χ0) is 12.7. The Bertz CT molecular complexity index is 309. The first-order chi connectivity index (χ1) is 8.08. The van der Waals surface area contributed by atoms with E-state index in [1.807, 2.05) is 24.3 Å². The predicted octanol–water partition coefficient (Wildman–Crippen LogP) is 2.44. The van der Waals surface area contributed by atoms with E-state index in [9.17, 15) is 5.11 Å². The van der Waals surface area contributed by atoms with Gasteiger partial charge >= 0.3 is 0 Å². The number of hydrogen-bond acceptors (Lipinski definition) is 3. The summed E-state index contributed by atoms with van der Waals surface area (Å²) in [6.45, 7) is 7.84. The van der Waals surface area contributed by atoms with Crippen LogP contribution in [0.1, 0.15) is 19.4 Å². The van der Waals surface area contributed by atoms with Gasteiger partial charge in [0.25, 0.3) is 0 Å². The van der Waals surface area contributed by atoms with Gasteiger partial charge in [0.05, 0.1) is 12.7 Å². The zero-order valence-corrected chi connectivity index (χ0v) is 10.9. The first-order valence-corrected chi connectivity index (χ1v) is 6.14. The van der Waals surface area contributed by atoms with E-state index in [-0.39, 0.29) is 0 Å². The molecule has 0 heterocycles. The fraction of sp³-hybridized carbons (Fsp3) is 0.571. The summed E-state index contributed by atoms with van der Waals surface area (Å²) >= 11 is 0. The molecule has 96 valence electrons. The van der Waals surface area contributed by atoms with E-state index in [1.54, 1.807) is 0 Å². The minimum absolute atomic E-state index is 0.386. The van der Waals surface area contributed by atoms with Crippen LogP contribution in [0.25, 0.3) is 0 Å². The predicted molar refractivity (Wildman–Crippen MR) is 71.3 cm³/mol. The lowest BCUT2D eigenvalue weighted by Crippen LogP contribution is -2.25. The number of anilines is 1. The van der Waals surface area contributed by atoms with E-state index in [2.05, 4.69) is 26.1 Å². The Labute approximate surface area is 104 Å². The molecule has 0 spiro atoms. The second kappa shape index (κ2) is 7.30. The van der Waals surface area contributed by atoms with E-state index in [0.717, 1.165) is 5.69 Å². The summed E-state index contributed by atoms with van der Waals surface area (Å²) in [5.41, 5.74) is 2.26. The molecule has 0 aliphatic carbocycles. The summed E-state index contributed by atoms with van der Waals surface area (Å²) in [7, 11) is 0. The second-order valence-electron chi connectivity index (χ2n) is 4.83. The fourth-order valence-electron chi connectivity index (χ4n) is 1.41. The molecule has 2 N–H and O–H groups in total. The van der Waals surface area contributed by atoms with E-state index >= 15 is 0 Å². The van der Waals surface area contributed by atoms with Gasteiger partial charge < -0.3 is 15.2 Å².